The number of nitrogens with zero attached hydrogens (tertiary/aromatic N) is 4. The van der Waals surface area contributed by atoms with Crippen LogP contribution in [0.4, 0.5) is 34.1 Å². The Morgan fingerprint density at radius 1 is 0.500 bits per heavy atom. The van der Waals surface area contributed by atoms with Gasteiger partial charge in [0, 0.05) is 22.1 Å². The largest absolute Gasteiger partial charge is 0.505 e. The number of hydrogen-bond donors (Lipinski definition) is 4. The lowest BCUT2D eigenvalue weighted by molar-refractivity contribution is 0.482. The molecule has 0 spiro atoms. The number of aryl methyl sites for hydroxylation is 2. The van der Waals surface area contributed by atoms with Gasteiger partial charge in [0.1, 0.15) is 11.4 Å². The molecule has 6 N–H and O–H groups in total. The van der Waals surface area contributed by atoms with E-state index in [4.69, 9.17) is 11.5 Å². The fourth-order valence-electron chi connectivity index (χ4n) is 5.01. The highest BCUT2D eigenvalue weighted by atomic mass is 16.3. The summed E-state index contributed by atoms with van der Waals surface area (Å²) in [7, 11) is 0. The second kappa shape index (κ2) is 11.7. The van der Waals surface area contributed by atoms with Crippen molar-refractivity contribution in [3.05, 3.63) is 119 Å². The summed E-state index contributed by atoms with van der Waals surface area (Å²) in [5, 5.41) is 42.0. The first-order valence-electron chi connectivity index (χ1n) is 14.0. The molecule has 6 aromatic rings. The second-order valence-corrected chi connectivity index (χ2v) is 10.7. The molecule has 0 aliphatic carbocycles. The zero-order valence-corrected chi connectivity index (χ0v) is 24.2. The van der Waals surface area contributed by atoms with Crippen LogP contribution in [0.1, 0.15) is 22.3 Å². The summed E-state index contributed by atoms with van der Waals surface area (Å²) in [5.41, 5.74) is 18.8. The van der Waals surface area contributed by atoms with Crippen LogP contribution >= 0.6 is 0 Å². The predicted octanol–water partition coefficient (Wildman–Crippen LogP) is 10.2. The van der Waals surface area contributed by atoms with Crippen LogP contribution in [0.3, 0.4) is 0 Å². The van der Waals surface area contributed by atoms with E-state index in [0.29, 0.717) is 44.9 Å². The van der Waals surface area contributed by atoms with Gasteiger partial charge >= 0.3 is 0 Å². The van der Waals surface area contributed by atoms with Gasteiger partial charge in [-0.1, -0.05) is 48.6 Å². The molecule has 44 heavy (non-hydrogen) atoms. The molecule has 0 atom stereocenters. The molecule has 8 nitrogen and oxygen atoms in total. The Kier molecular flexibility index (Phi) is 7.47. The van der Waals surface area contributed by atoms with Crippen molar-refractivity contribution < 1.29 is 10.2 Å². The third-order valence-electron chi connectivity index (χ3n) is 7.39. The van der Waals surface area contributed by atoms with E-state index in [0.717, 1.165) is 33.0 Å². The molecule has 6 rings (SSSR count). The predicted molar refractivity (Wildman–Crippen MR) is 180 cm³/mol. The summed E-state index contributed by atoms with van der Waals surface area (Å²) in [6, 6.07) is 30.0. The van der Waals surface area contributed by atoms with Gasteiger partial charge in [-0.25, -0.2) is 0 Å². The number of nitrogen functional groups attached to an aromatic ring is 2. The molecule has 0 saturated carbocycles. The molecule has 6 aromatic carbocycles. The van der Waals surface area contributed by atoms with Crippen molar-refractivity contribution in [2.24, 2.45) is 20.5 Å². The Labute approximate surface area is 254 Å². The molecule has 0 heterocycles. The van der Waals surface area contributed by atoms with E-state index < -0.39 is 0 Å². The summed E-state index contributed by atoms with van der Waals surface area (Å²) >= 11 is 0. The van der Waals surface area contributed by atoms with Gasteiger partial charge in [-0.2, -0.15) is 10.2 Å². The van der Waals surface area contributed by atoms with Gasteiger partial charge in [-0.3, -0.25) is 0 Å². The maximum atomic E-state index is 10.8. The fourth-order valence-corrected chi connectivity index (χ4v) is 5.01. The van der Waals surface area contributed by atoms with E-state index in [9.17, 15) is 10.2 Å². The number of benzene rings is 6. The van der Waals surface area contributed by atoms with Crippen LogP contribution in [0.15, 0.2) is 118 Å². The number of phenolic OH excluding ortho intramolecular Hbond substituents is 2. The zero-order valence-electron chi connectivity index (χ0n) is 24.2. The highest BCUT2D eigenvalue weighted by Gasteiger charge is 2.12. The number of azo groups is 2. The molecular formula is C36H30N6O2. The Hall–Kier alpha value is -6.02. The molecule has 0 bridgehead atoms. The van der Waals surface area contributed by atoms with Crippen LogP contribution in [-0.2, 0) is 0 Å². The number of hydrogen-bond acceptors (Lipinski definition) is 8. The molecule has 0 unspecified atom stereocenters. The molecule has 8 heteroatoms. The topological polar surface area (TPSA) is 142 Å². The summed E-state index contributed by atoms with van der Waals surface area (Å²) in [6.45, 7) is 3.78. The van der Waals surface area contributed by atoms with Crippen LogP contribution in [-0.4, -0.2) is 10.2 Å². The van der Waals surface area contributed by atoms with Crippen molar-refractivity contribution in [2.45, 2.75) is 13.8 Å². The van der Waals surface area contributed by atoms with Gasteiger partial charge in [0.2, 0.25) is 0 Å². The first kappa shape index (κ1) is 28.1. The third-order valence-corrected chi connectivity index (χ3v) is 7.39. The maximum Gasteiger partial charge on any atom is 0.151 e. The zero-order chi connectivity index (χ0) is 30.8. The number of fused-ring (bicyclic) bond motifs is 2. The first-order chi connectivity index (χ1) is 21.2. The Morgan fingerprint density at radius 2 is 0.886 bits per heavy atom. The highest BCUT2D eigenvalue weighted by molar-refractivity contribution is 5.96. The molecule has 0 saturated heterocycles. The van der Waals surface area contributed by atoms with Gasteiger partial charge in [-0.15, -0.1) is 10.2 Å². The van der Waals surface area contributed by atoms with Crippen molar-refractivity contribution in [3.63, 3.8) is 0 Å². The van der Waals surface area contributed by atoms with Gasteiger partial charge in [0.25, 0.3) is 0 Å². The van der Waals surface area contributed by atoms with Gasteiger partial charge < -0.3 is 21.7 Å². The van der Waals surface area contributed by atoms with Crippen molar-refractivity contribution in [1.82, 2.24) is 0 Å². The molecule has 0 fully saturated rings. The molecule has 0 radical (unpaired) electrons. The number of nitrogens with two attached hydrogens (primary N) is 2. The van der Waals surface area contributed by atoms with Crippen LogP contribution in [0.2, 0.25) is 0 Å². The molecule has 216 valence electrons. The number of anilines is 2. The Bertz CT molecular complexity index is 1960. The average molecular weight is 579 g/mol. The van der Waals surface area contributed by atoms with Crippen LogP contribution in [0.5, 0.6) is 11.5 Å². The minimum absolute atomic E-state index is 0.0654. The second-order valence-electron chi connectivity index (χ2n) is 10.7. The smallest absolute Gasteiger partial charge is 0.151 e. The van der Waals surface area contributed by atoms with E-state index in [1.54, 1.807) is 24.3 Å². The maximum absolute atomic E-state index is 10.8. The van der Waals surface area contributed by atoms with Crippen LogP contribution in [0.25, 0.3) is 33.7 Å². The lowest BCUT2D eigenvalue weighted by Gasteiger charge is -2.08. The number of rotatable bonds is 6. The minimum atomic E-state index is 0.0654. The Morgan fingerprint density at radius 3 is 1.27 bits per heavy atom. The molecular weight excluding hydrogens is 548 g/mol. The molecule has 0 amide bonds. The summed E-state index contributed by atoms with van der Waals surface area (Å²) < 4.78 is 0. The lowest BCUT2D eigenvalue weighted by atomic mass is 10.0. The minimum Gasteiger partial charge on any atom is -0.505 e. The van der Waals surface area contributed by atoms with Crippen LogP contribution < -0.4 is 11.5 Å². The quantitative estimate of drug-likeness (QED) is 0.0885. The van der Waals surface area contributed by atoms with Crippen molar-refractivity contribution in [3.8, 4) is 11.5 Å². The van der Waals surface area contributed by atoms with Gasteiger partial charge in [-0.05, 0) is 108 Å². The first-order valence-corrected chi connectivity index (χ1v) is 14.0. The number of phenols is 2. The van der Waals surface area contributed by atoms with E-state index in [1.165, 1.54) is 0 Å². The van der Waals surface area contributed by atoms with E-state index >= 15 is 0 Å². The van der Waals surface area contributed by atoms with Crippen molar-refractivity contribution >= 4 is 67.8 Å². The summed E-state index contributed by atoms with van der Waals surface area (Å²) in [6.07, 6.45) is 4.01. The van der Waals surface area contributed by atoms with E-state index in [2.05, 4.69) is 20.5 Å². The number of aromatic hydroxyl groups is 2. The standard InChI is InChI=1S/C36H30N6O2/c1-21-17-25-9-11-27(37)19-31(25)35(43)33(21)41-39-29-13-5-23(6-14-29)3-4-24-7-15-30(16-8-24)40-42-34-22(2)18-26-10-12-28(38)20-32(26)36(34)44/h3-20,43-44H,37-38H2,1-2H3/b4-3+,41-39?,42-40?. The molecule has 0 aliphatic rings. The SMILES string of the molecule is Cc1cc2ccc(N)cc2c(O)c1N=Nc1ccc(/C=C/c2ccc(N=Nc3c(C)cc4ccc(N)cc4c3O)cc2)cc1. The summed E-state index contributed by atoms with van der Waals surface area (Å²) in [5.74, 6) is 0.131. The Balaban J connectivity index is 1.13. The monoisotopic (exact) mass is 578 g/mol. The van der Waals surface area contributed by atoms with Crippen molar-refractivity contribution in [2.75, 3.05) is 11.5 Å². The van der Waals surface area contributed by atoms with Crippen molar-refractivity contribution in [1.29, 1.82) is 0 Å². The van der Waals surface area contributed by atoms with E-state index in [1.807, 2.05) is 98.8 Å². The molecule has 0 aromatic heterocycles. The third kappa shape index (κ3) is 5.82. The highest BCUT2D eigenvalue weighted by Crippen LogP contribution is 2.40. The van der Waals surface area contributed by atoms with Crippen LogP contribution in [0, 0.1) is 13.8 Å². The fraction of sp³-hybridized carbons (Fsp3) is 0.0556. The van der Waals surface area contributed by atoms with Gasteiger partial charge in [0.05, 0.1) is 11.4 Å². The van der Waals surface area contributed by atoms with Gasteiger partial charge in [0.15, 0.2) is 11.5 Å². The lowest BCUT2D eigenvalue weighted by Crippen LogP contribution is -1.86. The normalized spacial score (nSPS) is 12.0. The van der Waals surface area contributed by atoms with E-state index in [-0.39, 0.29) is 11.5 Å². The average Bonchev–Trinajstić information content (AvgIpc) is 3.02. The molecule has 0 aliphatic heterocycles. The summed E-state index contributed by atoms with van der Waals surface area (Å²) in [4.78, 5) is 0.